The number of amides is 1. The molecule has 7 nitrogen and oxygen atoms in total. The molecule has 1 saturated heterocycles. The molecule has 0 radical (unpaired) electrons. The first kappa shape index (κ1) is 21.2. The fourth-order valence-electron chi connectivity index (χ4n) is 5.16. The van der Waals surface area contributed by atoms with Crippen molar-refractivity contribution in [1.82, 2.24) is 24.6 Å². The molecule has 2 N–H and O–H groups in total. The van der Waals surface area contributed by atoms with Crippen LogP contribution in [-0.4, -0.2) is 55.9 Å². The van der Waals surface area contributed by atoms with Crippen molar-refractivity contribution in [2.24, 2.45) is 0 Å². The van der Waals surface area contributed by atoms with Crippen LogP contribution in [0.3, 0.4) is 0 Å². The maximum Gasteiger partial charge on any atom is 0.219 e. The van der Waals surface area contributed by atoms with Gasteiger partial charge in [0, 0.05) is 48.7 Å². The third kappa shape index (κ3) is 3.64. The lowest BCUT2D eigenvalue weighted by molar-refractivity contribution is -0.131. The highest BCUT2D eigenvalue weighted by atomic mass is 35.5. The van der Waals surface area contributed by atoms with Crippen LogP contribution in [0.1, 0.15) is 50.8 Å². The van der Waals surface area contributed by atoms with Gasteiger partial charge in [-0.1, -0.05) is 24.4 Å². The lowest BCUT2D eigenvalue weighted by Crippen LogP contribution is -2.45. The van der Waals surface area contributed by atoms with Crippen LogP contribution < -0.4 is 5.32 Å². The van der Waals surface area contributed by atoms with Gasteiger partial charge in [0.1, 0.15) is 11.8 Å². The number of fused-ring (bicyclic) bond motifs is 1. The average molecular weight is 459 g/mol. The smallest absolute Gasteiger partial charge is 0.219 e. The Hall–Kier alpha value is -2.61. The van der Waals surface area contributed by atoms with Gasteiger partial charge in [0.05, 0.1) is 34.9 Å². The first-order valence-electron chi connectivity index (χ1n) is 11.3. The average Bonchev–Trinajstić information content (AvgIpc) is 3.50. The minimum absolute atomic E-state index is 0.0886. The fraction of sp³-hybridized carbons (Fsp3) is 0.522. The van der Waals surface area contributed by atoms with E-state index >= 15 is 4.39 Å². The topological polar surface area (TPSA) is 78.8 Å². The summed E-state index contributed by atoms with van der Waals surface area (Å²) < 4.78 is 16.8. The van der Waals surface area contributed by atoms with Crippen molar-refractivity contribution >= 4 is 34.2 Å². The van der Waals surface area contributed by atoms with E-state index in [1.807, 2.05) is 13.1 Å². The molecule has 2 fully saturated rings. The van der Waals surface area contributed by atoms with Crippen molar-refractivity contribution in [3.63, 3.8) is 0 Å². The molecule has 170 valence electrons. The zero-order chi connectivity index (χ0) is 22.4. The summed E-state index contributed by atoms with van der Waals surface area (Å²) in [5.74, 6) is -0.0886. The summed E-state index contributed by atoms with van der Waals surface area (Å²) in [7, 11) is 0. The van der Waals surface area contributed by atoms with Gasteiger partial charge in [0.25, 0.3) is 0 Å². The summed E-state index contributed by atoms with van der Waals surface area (Å²) in [6, 6.07) is 0.00456. The zero-order valence-electron chi connectivity index (χ0n) is 18.4. The predicted octanol–water partition coefficient (Wildman–Crippen LogP) is 4.87. The first-order valence-corrected chi connectivity index (χ1v) is 11.7. The predicted molar refractivity (Wildman–Crippen MR) is 124 cm³/mol. The first-order chi connectivity index (χ1) is 15.4. The third-order valence-corrected chi connectivity index (χ3v) is 7.26. The van der Waals surface area contributed by atoms with Gasteiger partial charge in [-0.15, -0.1) is 0 Å². The molecular weight excluding hydrogens is 431 g/mol. The molecule has 2 aliphatic rings. The summed E-state index contributed by atoms with van der Waals surface area (Å²) >= 11 is 6.53. The number of nitrogens with one attached hydrogen (secondary N) is 2. The van der Waals surface area contributed by atoms with E-state index in [4.69, 9.17) is 11.6 Å². The van der Waals surface area contributed by atoms with Gasteiger partial charge < -0.3 is 15.2 Å². The summed E-state index contributed by atoms with van der Waals surface area (Å²) in [6.07, 6.45) is 9.46. The third-order valence-electron chi connectivity index (χ3n) is 6.96. The molecule has 9 heteroatoms. The molecule has 1 aliphatic carbocycles. The van der Waals surface area contributed by atoms with Crippen LogP contribution in [0, 0.1) is 6.92 Å². The maximum absolute atomic E-state index is 15.0. The number of hydrogen-bond acceptors (Lipinski definition) is 4. The van der Waals surface area contributed by atoms with E-state index < -0.39 is 12.2 Å². The van der Waals surface area contributed by atoms with Crippen LogP contribution in [-0.2, 0) is 4.79 Å². The van der Waals surface area contributed by atoms with E-state index in [0.717, 1.165) is 46.4 Å². The number of halogens is 2. The number of nitrogens with zero attached hydrogens (tertiary/aromatic N) is 4. The van der Waals surface area contributed by atoms with E-state index in [1.54, 1.807) is 22.0 Å². The highest BCUT2D eigenvalue weighted by Crippen LogP contribution is 2.40. The highest BCUT2D eigenvalue weighted by Gasteiger charge is 2.33. The van der Waals surface area contributed by atoms with Crippen molar-refractivity contribution < 1.29 is 9.18 Å². The van der Waals surface area contributed by atoms with Crippen LogP contribution in [0.2, 0.25) is 5.02 Å². The number of carbonyl (C=O) groups excluding carboxylic acids is 1. The second-order valence-corrected chi connectivity index (χ2v) is 9.37. The summed E-state index contributed by atoms with van der Waals surface area (Å²) in [6.45, 7) is 4.10. The number of carbonyl (C=O) groups is 1. The molecule has 3 aromatic rings. The molecule has 0 unspecified atom stereocenters. The van der Waals surface area contributed by atoms with Crippen LogP contribution in [0.25, 0.3) is 22.2 Å². The van der Waals surface area contributed by atoms with Gasteiger partial charge in [-0.3, -0.25) is 9.48 Å². The zero-order valence-corrected chi connectivity index (χ0v) is 19.1. The van der Waals surface area contributed by atoms with Gasteiger partial charge in [-0.25, -0.2) is 9.37 Å². The number of aromatic nitrogens is 4. The van der Waals surface area contributed by atoms with Crippen molar-refractivity contribution in [2.45, 2.75) is 64.2 Å². The molecule has 5 rings (SSSR count). The minimum Gasteiger partial charge on any atom is -0.381 e. The Morgan fingerprint density at radius 2 is 2.03 bits per heavy atom. The molecule has 3 aromatic heterocycles. The molecule has 32 heavy (non-hydrogen) atoms. The number of anilines is 1. The van der Waals surface area contributed by atoms with E-state index in [9.17, 15) is 4.79 Å². The number of likely N-dealkylation sites (tertiary alicyclic amines) is 1. The van der Waals surface area contributed by atoms with Crippen molar-refractivity contribution in [3.8, 4) is 11.1 Å². The second-order valence-electron chi connectivity index (χ2n) is 8.96. The number of H-pyrrole nitrogens is 1. The van der Waals surface area contributed by atoms with E-state index in [-0.39, 0.29) is 12.5 Å². The van der Waals surface area contributed by atoms with Crippen LogP contribution >= 0.6 is 11.6 Å². The molecule has 4 heterocycles. The number of alkyl halides is 1. The maximum atomic E-state index is 15.0. The second kappa shape index (κ2) is 8.39. The molecule has 0 aromatic carbocycles. The Bertz CT molecular complexity index is 1150. The van der Waals surface area contributed by atoms with Crippen LogP contribution in [0.4, 0.5) is 10.1 Å². The molecule has 0 bridgehead atoms. The largest absolute Gasteiger partial charge is 0.381 e. The SMILES string of the molecule is CC(=O)N1CC[C@H](n2ncc(-c3cnc4[nH]cc(Cl)c4c3NC3CCCC3)c2C)[C@@H](F)C1. The van der Waals surface area contributed by atoms with Crippen molar-refractivity contribution in [3.05, 3.63) is 29.3 Å². The van der Waals surface area contributed by atoms with Crippen molar-refractivity contribution in [1.29, 1.82) is 0 Å². The van der Waals surface area contributed by atoms with Gasteiger partial charge in [0.15, 0.2) is 0 Å². The van der Waals surface area contributed by atoms with Crippen molar-refractivity contribution in [2.75, 3.05) is 18.4 Å². The molecular formula is C23H28ClFN6O. The Balaban J connectivity index is 1.53. The van der Waals surface area contributed by atoms with Crippen LogP contribution in [0.15, 0.2) is 18.6 Å². The Morgan fingerprint density at radius 1 is 1.25 bits per heavy atom. The van der Waals surface area contributed by atoms with E-state index in [1.165, 1.54) is 19.8 Å². The number of pyridine rings is 1. The Labute approximate surface area is 191 Å². The number of hydrogen-bond donors (Lipinski definition) is 2. The Morgan fingerprint density at radius 3 is 2.75 bits per heavy atom. The monoisotopic (exact) mass is 458 g/mol. The summed E-state index contributed by atoms with van der Waals surface area (Å²) in [5, 5.41) is 9.80. The number of aromatic amines is 1. The molecule has 0 spiro atoms. The molecule has 2 atom stereocenters. The lowest BCUT2D eigenvalue weighted by atomic mass is 10.0. The van der Waals surface area contributed by atoms with Gasteiger partial charge in [-0.05, 0) is 26.2 Å². The number of rotatable bonds is 4. The van der Waals surface area contributed by atoms with E-state index in [2.05, 4.69) is 20.4 Å². The normalized spacial score (nSPS) is 22.1. The summed E-state index contributed by atoms with van der Waals surface area (Å²) in [5.41, 5.74) is 4.42. The molecule has 1 amide bonds. The van der Waals surface area contributed by atoms with Gasteiger partial charge in [0.2, 0.25) is 5.91 Å². The standard InChI is InChI=1S/C23H28ClFN6O/c1-13-16(10-28-31(13)20-7-8-30(14(2)32)12-19(20)25)17-9-26-23-21(18(24)11-27-23)22(17)29-15-5-3-4-6-15/h9-11,15,19-20H,3-8,12H2,1-2H3,(H2,26,27,29)/t19-,20-/m0/s1. The molecule has 1 saturated carbocycles. The highest BCUT2D eigenvalue weighted by molar-refractivity contribution is 6.36. The van der Waals surface area contributed by atoms with E-state index in [0.29, 0.717) is 24.0 Å². The quantitative estimate of drug-likeness (QED) is 0.584. The minimum atomic E-state index is -1.16. The van der Waals surface area contributed by atoms with Gasteiger partial charge in [-0.2, -0.15) is 5.10 Å². The Kier molecular flexibility index (Phi) is 5.57. The van der Waals surface area contributed by atoms with Crippen LogP contribution in [0.5, 0.6) is 0 Å². The molecule has 1 aliphatic heterocycles. The lowest BCUT2D eigenvalue weighted by Gasteiger charge is -2.34. The fourth-order valence-corrected chi connectivity index (χ4v) is 5.40. The number of piperidine rings is 1. The summed E-state index contributed by atoms with van der Waals surface area (Å²) in [4.78, 5) is 20.9. The van der Waals surface area contributed by atoms with Gasteiger partial charge >= 0.3 is 0 Å².